The smallest absolute Gasteiger partial charge is 0.128 e. The summed E-state index contributed by atoms with van der Waals surface area (Å²) in [5.74, 6) is -0.235. The molecular formula is C11H8BrFN2. The average molecular weight is 267 g/mol. The van der Waals surface area contributed by atoms with Gasteiger partial charge in [0.05, 0.1) is 5.69 Å². The van der Waals surface area contributed by atoms with Crippen LogP contribution in [0.4, 0.5) is 4.39 Å². The summed E-state index contributed by atoms with van der Waals surface area (Å²) in [6.45, 7) is 1.85. The Labute approximate surface area is 95.3 Å². The molecule has 0 fully saturated rings. The van der Waals surface area contributed by atoms with Crippen molar-refractivity contribution < 1.29 is 4.39 Å². The predicted octanol–water partition coefficient (Wildman–Crippen LogP) is 3.35. The Hall–Kier alpha value is -1.29. The molecule has 15 heavy (non-hydrogen) atoms. The molecule has 4 heteroatoms. The molecule has 0 aliphatic rings. The van der Waals surface area contributed by atoms with Crippen LogP contribution in [-0.4, -0.2) is 10.2 Å². The molecule has 0 N–H and O–H groups in total. The molecule has 0 aliphatic carbocycles. The van der Waals surface area contributed by atoms with Crippen molar-refractivity contribution in [2.45, 2.75) is 6.92 Å². The van der Waals surface area contributed by atoms with E-state index in [0.29, 0.717) is 4.60 Å². The molecule has 0 atom stereocenters. The van der Waals surface area contributed by atoms with E-state index < -0.39 is 0 Å². The highest BCUT2D eigenvalue weighted by Gasteiger charge is 2.04. The predicted molar refractivity (Wildman–Crippen MR) is 59.9 cm³/mol. The van der Waals surface area contributed by atoms with Crippen LogP contribution >= 0.6 is 15.9 Å². The summed E-state index contributed by atoms with van der Waals surface area (Å²) in [7, 11) is 0. The van der Waals surface area contributed by atoms with Crippen molar-refractivity contribution in [2.75, 3.05) is 0 Å². The number of halogens is 2. The third kappa shape index (κ3) is 2.21. The lowest BCUT2D eigenvalue weighted by Gasteiger charge is -2.03. The highest BCUT2D eigenvalue weighted by atomic mass is 79.9. The molecular weight excluding hydrogens is 259 g/mol. The molecule has 0 saturated heterocycles. The molecule has 0 unspecified atom stereocenters. The van der Waals surface area contributed by atoms with Crippen LogP contribution in [0.15, 0.2) is 34.9 Å². The largest absolute Gasteiger partial charge is 0.207 e. The van der Waals surface area contributed by atoms with Crippen LogP contribution in [0.2, 0.25) is 0 Å². The van der Waals surface area contributed by atoms with Crippen LogP contribution in [0.5, 0.6) is 0 Å². The number of hydrogen-bond donors (Lipinski definition) is 0. The van der Waals surface area contributed by atoms with E-state index in [4.69, 9.17) is 0 Å². The summed E-state index contributed by atoms with van der Waals surface area (Å²) in [5.41, 5.74) is 2.50. The van der Waals surface area contributed by atoms with E-state index in [1.807, 2.05) is 19.1 Å². The fourth-order valence-electron chi connectivity index (χ4n) is 1.37. The maximum Gasteiger partial charge on any atom is 0.128 e. The second-order valence-electron chi connectivity index (χ2n) is 3.20. The minimum Gasteiger partial charge on any atom is -0.207 e. The topological polar surface area (TPSA) is 25.8 Å². The summed E-state index contributed by atoms with van der Waals surface area (Å²) in [6, 6.07) is 8.27. The van der Waals surface area contributed by atoms with Crippen molar-refractivity contribution in [3.63, 3.8) is 0 Å². The van der Waals surface area contributed by atoms with Crippen LogP contribution in [-0.2, 0) is 0 Å². The Morgan fingerprint density at radius 3 is 2.53 bits per heavy atom. The third-order valence-corrected chi connectivity index (χ3v) is 2.52. The van der Waals surface area contributed by atoms with Crippen molar-refractivity contribution in [3.8, 4) is 11.3 Å². The van der Waals surface area contributed by atoms with Gasteiger partial charge in [0.15, 0.2) is 0 Å². The molecule has 2 aromatic rings. The van der Waals surface area contributed by atoms with Gasteiger partial charge in [-0.1, -0.05) is 0 Å². The first kappa shape index (κ1) is 10.2. The van der Waals surface area contributed by atoms with Crippen molar-refractivity contribution in [1.29, 1.82) is 0 Å². The summed E-state index contributed by atoms with van der Waals surface area (Å²) in [4.78, 5) is 0. The number of aryl methyl sites for hydroxylation is 1. The van der Waals surface area contributed by atoms with E-state index in [0.717, 1.165) is 16.8 Å². The zero-order chi connectivity index (χ0) is 10.8. The van der Waals surface area contributed by atoms with Crippen molar-refractivity contribution in [2.24, 2.45) is 0 Å². The van der Waals surface area contributed by atoms with E-state index in [9.17, 15) is 4.39 Å². The molecule has 1 aromatic carbocycles. The zero-order valence-electron chi connectivity index (χ0n) is 8.04. The van der Waals surface area contributed by atoms with E-state index in [1.165, 1.54) is 12.1 Å². The Kier molecular flexibility index (Phi) is 2.77. The average Bonchev–Trinajstić information content (AvgIpc) is 2.20. The van der Waals surface area contributed by atoms with Crippen molar-refractivity contribution >= 4 is 15.9 Å². The van der Waals surface area contributed by atoms with Gasteiger partial charge in [0.25, 0.3) is 0 Å². The molecule has 1 heterocycles. The molecule has 0 radical (unpaired) electrons. The maximum absolute atomic E-state index is 12.9. The molecule has 2 rings (SSSR count). The standard InChI is InChI=1S/C11H8BrFN2/c1-7-6-8(13)2-3-9(7)10-4-5-11(12)15-14-10/h2-6H,1H3. The van der Waals surface area contributed by atoms with Crippen LogP contribution in [0.25, 0.3) is 11.3 Å². The van der Waals surface area contributed by atoms with Crippen molar-refractivity contribution in [3.05, 3.63) is 46.3 Å². The normalized spacial score (nSPS) is 10.3. The summed E-state index contributed by atoms with van der Waals surface area (Å²) < 4.78 is 13.6. The number of aromatic nitrogens is 2. The fourth-order valence-corrected chi connectivity index (χ4v) is 1.59. The van der Waals surface area contributed by atoms with Crippen LogP contribution in [0.1, 0.15) is 5.56 Å². The van der Waals surface area contributed by atoms with E-state index in [-0.39, 0.29) is 5.82 Å². The lowest BCUT2D eigenvalue weighted by Crippen LogP contribution is -1.90. The van der Waals surface area contributed by atoms with Gasteiger partial charge in [0, 0.05) is 5.56 Å². The first-order chi connectivity index (χ1) is 7.16. The van der Waals surface area contributed by atoms with Gasteiger partial charge in [-0.2, -0.15) is 0 Å². The minimum absolute atomic E-state index is 0.235. The first-order valence-corrected chi connectivity index (χ1v) is 5.22. The molecule has 0 amide bonds. The lowest BCUT2D eigenvalue weighted by molar-refractivity contribution is 0.627. The number of nitrogens with zero attached hydrogens (tertiary/aromatic N) is 2. The molecule has 0 aliphatic heterocycles. The molecule has 0 saturated carbocycles. The highest BCUT2D eigenvalue weighted by Crippen LogP contribution is 2.22. The first-order valence-electron chi connectivity index (χ1n) is 4.42. The highest BCUT2D eigenvalue weighted by molar-refractivity contribution is 9.10. The summed E-state index contributed by atoms with van der Waals surface area (Å²) >= 11 is 3.21. The number of rotatable bonds is 1. The van der Waals surface area contributed by atoms with Gasteiger partial charge in [-0.15, -0.1) is 10.2 Å². The maximum atomic E-state index is 12.9. The monoisotopic (exact) mass is 266 g/mol. The SMILES string of the molecule is Cc1cc(F)ccc1-c1ccc(Br)nn1. The number of benzene rings is 1. The van der Waals surface area contributed by atoms with E-state index in [2.05, 4.69) is 26.1 Å². The lowest BCUT2D eigenvalue weighted by atomic mass is 10.1. The van der Waals surface area contributed by atoms with Crippen LogP contribution in [0, 0.1) is 12.7 Å². The minimum atomic E-state index is -0.235. The van der Waals surface area contributed by atoms with E-state index in [1.54, 1.807) is 6.07 Å². The second-order valence-corrected chi connectivity index (χ2v) is 4.01. The molecule has 0 bridgehead atoms. The third-order valence-electron chi connectivity index (χ3n) is 2.10. The van der Waals surface area contributed by atoms with Crippen molar-refractivity contribution in [1.82, 2.24) is 10.2 Å². The Morgan fingerprint density at radius 2 is 1.93 bits per heavy atom. The zero-order valence-corrected chi connectivity index (χ0v) is 9.62. The van der Waals surface area contributed by atoms with Gasteiger partial charge >= 0.3 is 0 Å². The molecule has 2 nitrogen and oxygen atoms in total. The van der Waals surface area contributed by atoms with Crippen LogP contribution in [0.3, 0.4) is 0 Å². The molecule has 0 spiro atoms. The molecule has 1 aromatic heterocycles. The second kappa shape index (κ2) is 4.06. The van der Waals surface area contributed by atoms with Crippen LogP contribution < -0.4 is 0 Å². The molecule has 76 valence electrons. The van der Waals surface area contributed by atoms with Gasteiger partial charge in [0.1, 0.15) is 10.4 Å². The van der Waals surface area contributed by atoms with Gasteiger partial charge in [-0.25, -0.2) is 4.39 Å². The Balaban J connectivity index is 2.49. The fraction of sp³-hybridized carbons (Fsp3) is 0.0909. The summed E-state index contributed by atoms with van der Waals surface area (Å²) in [5, 5.41) is 7.91. The Bertz CT molecular complexity index is 482. The Morgan fingerprint density at radius 1 is 1.13 bits per heavy atom. The van der Waals surface area contributed by atoms with Gasteiger partial charge in [-0.05, 0) is 58.7 Å². The quantitative estimate of drug-likeness (QED) is 0.791. The number of hydrogen-bond acceptors (Lipinski definition) is 2. The summed E-state index contributed by atoms with van der Waals surface area (Å²) in [6.07, 6.45) is 0. The van der Waals surface area contributed by atoms with E-state index >= 15 is 0 Å². The van der Waals surface area contributed by atoms with Gasteiger partial charge in [-0.3, -0.25) is 0 Å². The van der Waals surface area contributed by atoms with Gasteiger partial charge in [0.2, 0.25) is 0 Å². The van der Waals surface area contributed by atoms with Gasteiger partial charge < -0.3 is 0 Å².